The summed E-state index contributed by atoms with van der Waals surface area (Å²) in [6.07, 6.45) is 0. The number of hydrogen-bond donors (Lipinski definition) is 1. The first-order valence-corrected chi connectivity index (χ1v) is 3.73. The number of aliphatic carboxylic acids is 1. The standard InChI is InChI=1S/C9H12O4/c1-9(2,3)8(12)13-6-4-5-7(10)11/h6H2,1-3H3,(H,10,11). The zero-order valence-electron chi connectivity index (χ0n) is 7.88. The molecule has 0 aliphatic carbocycles. The number of rotatable bonds is 1. The Balaban J connectivity index is 3.88. The maximum absolute atomic E-state index is 11.1. The second kappa shape index (κ2) is 4.51. The molecule has 0 heterocycles. The Bertz CT molecular complexity index is 262. The fraction of sp³-hybridized carbons (Fsp3) is 0.556. The number of ether oxygens (including phenoxy) is 1. The van der Waals surface area contributed by atoms with Gasteiger partial charge in [-0.3, -0.25) is 4.79 Å². The van der Waals surface area contributed by atoms with Crippen molar-refractivity contribution >= 4 is 11.9 Å². The zero-order valence-corrected chi connectivity index (χ0v) is 7.88. The lowest BCUT2D eigenvalue weighted by Gasteiger charge is -2.14. The minimum Gasteiger partial charge on any atom is -0.472 e. The summed E-state index contributed by atoms with van der Waals surface area (Å²) in [5.74, 6) is 2.41. The lowest BCUT2D eigenvalue weighted by atomic mass is 9.97. The van der Waals surface area contributed by atoms with Gasteiger partial charge in [0, 0.05) is 5.92 Å². The Morgan fingerprint density at radius 3 is 2.31 bits per heavy atom. The molecule has 72 valence electrons. The largest absolute Gasteiger partial charge is 0.472 e. The van der Waals surface area contributed by atoms with Crippen LogP contribution in [-0.2, 0) is 14.3 Å². The number of esters is 1. The molecule has 0 unspecified atom stereocenters. The van der Waals surface area contributed by atoms with Crippen molar-refractivity contribution < 1.29 is 19.4 Å². The summed E-state index contributed by atoms with van der Waals surface area (Å²) >= 11 is 0. The highest BCUT2D eigenvalue weighted by Crippen LogP contribution is 2.14. The lowest BCUT2D eigenvalue weighted by molar-refractivity contribution is -0.151. The molecule has 0 amide bonds. The van der Waals surface area contributed by atoms with Gasteiger partial charge in [-0.1, -0.05) is 0 Å². The third-order valence-corrected chi connectivity index (χ3v) is 1.08. The van der Waals surface area contributed by atoms with E-state index in [1.54, 1.807) is 20.8 Å². The predicted molar refractivity (Wildman–Crippen MR) is 45.8 cm³/mol. The highest BCUT2D eigenvalue weighted by atomic mass is 16.5. The molecule has 0 saturated carbocycles. The molecule has 13 heavy (non-hydrogen) atoms. The van der Waals surface area contributed by atoms with Crippen LogP contribution >= 0.6 is 0 Å². The molecule has 1 N–H and O–H groups in total. The van der Waals surface area contributed by atoms with Crippen LogP contribution in [0.1, 0.15) is 20.8 Å². The molecule has 0 aromatic carbocycles. The molecule has 0 spiro atoms. The molecular formula is C9H12O4. The first kappa shape index (κ1) is 11.5. The lowest BCUT2D eigenvalue weighted by Crippen LogP contribution is -2.23. The van der Waals surface area contributed by atoms with Crippen molar-refractivity contribution in [3.05, 3.63) is 0 Å². The second-order valence-electron chi connectivity index (χ2n) is 3.43. The van der Waals surface area contributed by atoms with Gasteiger partial charge in [-0.05, 0) is 26.7 Å². The van der Waals surface area contributed by atoms with E-state index in [1.165, 1.54) is 0 Å². The van der Waals surface area contributed by atoms with Crippen LogP contribution in [0.4, 0.5) is 0 Å². The molecule has 0 radical (unpaired) electrons. The minimum absolute atomic E-state index is 0.178. The SMILES string of the molecule is CC(C)(C)C(=O)OCC#CC(=O)O. The summed E-state index contributed by atoms with van der Waals surface area (Å²) in [6.45, 7) is 4.95. The summed E-state index contributed by atoms with van der Waals surface area (Å²) in [7, 11) is 0. The molecule has 0 aromatic rings. The van der Waals surface area contributed by atoms with Gasteiger partial charge in [-0.2, -0.15) is 0 Å². The highest BCUT2D eigenvalue weighted by Gasteiger charge is 2.22. The van der Waals surface area contributed by atoms with Gasteiger partial charge in [-0.15, -0.1) is 0 Å². The van der Waals surface area contributed by atoms with Crippen molar-refractivity contribution in [1.29, 1.82) is 0 Å². The molecule has 0 rings (SSSR count). The van der Waals surface area contributed by atoms with E-state index < -0.39 is 17.4 Å². The molecule has 0 atom stereocenters. The first-order valence-electron chi connectivity index (χ1n) is 3.73. The minimum atomic E-state index is -1.23. The topological polar surface area (TPSA) is 63.6 Å². The third-order valence-electron chi connectivity index (χ3n) is 1.08. The predicted octanol–water partition coefficient (Wildman–Crippen LogP) is 0.664. The van der Waals surface area contributed by atoms with Crippen LogP contribution in [0.2, 0.25) is 0 Å². The Hall–Kier alpha value is -1.50. The van der Waals surface area contributed by atoms with Gasteiger partial charge >= 0.3 is 11.9 Å². The third kappa shape index (κ3) is 5.74. The molecule has 0 aliphatic heterocycles. The normalized spacial score (nSPS) is 9.77. The van der Waals surface area contributed by atoms with Crippen LogP contribution in [-0.4, -0.2) is 23.7 Å². The van der Waals surface area contributed by atoms with Crippen LogP contribution in [0, 0.1) is 17.3 Å². The number of carbonyl (C=O) groups is 2. The van der Waals surface area contributed by atoms with E-state index in [0.29, 0.717) is 0 Å². The van der Waals surface area contributed by atoms with Crippen molar-refractivity contribution in [2.75, 3.05) is 6.61 Å². The van der Waals surface area contributed by atoms with Crippen molar-refractivity contribution in [3.8, 4) is 11.8 Å². The average Bonchev–Trinajstić information content (AvgIpc) is 1.95. The number of carbonyl (C=O) groups excluding carboxylic acids is 1. The van der Waals surface area contributed by atoms with Gasteiger partial charge in [0.15, 0.2) is 6.61 Å². The average molecular weight is 184 g/mol. The molecule has 0 aromatic heterocycles. The van der Waals surface area contributed by atoms with Crippen molar-refractivity contribution in [2.24, 2.45) is 5.41 Å². The molecule has 0 saturated heterocycles. The number of carboxylic acids is 1. The molecule has 0 bridgehead atoms. The van der Waals surface area contributed by atoms with Crippen molar-refractivity contribution in [1.82, 2.24) is 0 Å². The molecule has 0 aliphatic rings. The summed E-state index contributed by atoms with van der Waals surface area (Å²) in [6, 6.07) is 0. The highest BCUT2D eigenvalue weighted by molar-refractivity contribution is 5.86. The fourth-order valence-electron chi connectivity index (χ4n) is 0.430. The van der Waals surface area contributed by atoms with E-state index in [1.807, 2.05) is 5.92 Å². The smallest absolute Gasteiger partial charge is 0.382 e. The summed E-state index contributed by atoms with van der Waals surface area (Å²) in [4.78, 5) is 21.0. The summed E-state index contributed by atoms with van der Waals surface area (Å²) < 4.78 is 4.68. The monoisotopic (exact) mass is 184 g/mol. The van der Waals surface area contributed by atoms with Crippen molar-refractivity contribution in [3.63, 3.8) is 0 Å². The molecule has 4 nitrogen and oxygen atoms in total. The van der Waals surface area contributed by atoms with Gasteiger partial charge < -0.3 is 9.84 Å². The Morgan fingerprint density at radius 2 is 1.92 bits per heavy atom. The van der Waals surface area contributed by atoms with E-state index in [0.717, 1.165) is 0 Å². The van der Waals surface area contributed by atoms with E-state index in [-0.39, 0.29) is 6.61 Å². The summed E-state index contributed by atoms with van der Waals surface area (Å²) in [5.41, 5.74) is -0.578. The van der Waals surface area contributed by atoms with Crippen LogP contribution in [0.5, 0.6) is 0 Å². The summed E-state index contributed by atoms with van der Waals surface area (Å²) in [5, 5.41) is 8.12. The number of hydrogen-bond acceptors (Lipinski definition) is 3. The van der Waals surface area contributed by atoms with Crippen LogP contribution in [0.15, 0.2) is 0 Å². The van der Waals surface area contributed by atoms with Crippen LogP contribution in [0.3, 0.4) is 0 Å². The van der Waals surface area contributed by atoms with Crippen molar-refractivity contribution in [2.45, 2.75) is 20.8 Å². The van der Waals surface area contributed by atoms with Crippen LogP contribution < -0.4 is 0 Å². The molecule has 0 fully saturated rings. The first-order chi connectivity index (χ1) is 5.84. The molecular weight excluding hydrogens is 172 g/mol. The quantitative estimate of drug-likeness (QED) is 0.480. The number of carboxylic acid groups (broad SMARTS) is 1. The van der Waals surface area contributed by atoms with Gasteiger partial charge in [0.05, 0.1) is 5.41 Å². The maximum atomic E-state index is 11.1. The zero-order chi connectivity index (χ0) is 10.5. The van der Waals surface area contributed by atoms with E-state index in [4.69, 9.17) is 5.11 Å². The Labute approximate surface area is 76.9 Å². The van der Waals surface area contributed by atoms with Gasteiger partial charge in [0.25, 0.3) is 0 Å². The van der Waals surface area contributed by atoms with E-state index in [2.05, 4.69) is 10.7 Å². The van der Waals surface area contributed by atoms with E-state index >= 15 is 0 Å². The van der Waals surface area contributed by atoms with E-state index in [9.17, 15) is 9.59 Å². The Morgan fingerprint density at radius 1 is 1.38 bits per heavy atom. The maximum Gasteiger partial charge on any atom is 0.382 e. The van der Waals surface area contributed by atoms with Gasteiger partial charge in [-0.25, -0.2) is 4.79 Å². The fourth-order valence-corrected chi connectivity index (χ4v) is 0.430. The second-order valence-corrected chi connectivity index (χ2v) is 3.43. The Kier molecular flexibility index (Phi) is 3.99. The van der Waals surface area contributed by atoms with Crippen LogP contribution in [0.25, 0.3) is 0 Å². The molecule has 4 heteroatoms. The van der Waals surface area contributed by atoms with Gasteiger partial charge in [0.2, 0.25) is 0 Å². The van der Waals surface area contributed by atoms with Gasteiger partial charge in [0.1, 0.15) is 0 Å².